The van der Waals surface area contributed by atoms with E-state index in [1.807, 2.05) is 467 Å². The summed E-state index contributed by atoms with van der Waals surface area (Å²) < 4.78 is 9.78. The molecule has 0 aliphatic carbocycles. The van der Waals surface area contributed by atoms with E-state index in [-0.39, 0.29) is 74.1 Å². The average Bonchev–Trinajstić information content (AvgIpc) is 1.60. The zero-order valence-electron chi connectivity index (χ0n) is 70.6. The van der Waals surface area contributed by atoms with Gasteiger partial charge in [0.2, 0.25) is 0 Å². The maximum atomic E-state index is 11.9. The predicted molar refractivity (Wildman–Crippen MR) is 477 cm³/mol. The summed E-state index contributed by atoms with van der Waals surface area (Å²) in [6.07, 6.45) is 52.1. The molecule has 0 saturated carbocycles. The molecular weight excluding hydrogens is 2340 g/mol. The Labute approximate surface area is 821 Å². The number of nitrogens with zero attached hydrogens (tertiary/aromatic N) is 26. The van der Waals surface area contributed by atoms with Crippen LogP contribution in [0.2, 0.25) is 0 Å². The van der Waals surface area contributed by atoms with Crippen molar-refractivity contribution in [1.82, 2.24) is 127 Å². The number of methoxy groups -OCH3 is 2. The molecule has 13 aliphatic rings. The number of halogens is 9. The van der Waals surface area contributed by atoms with Gasteiger partial charge in [-0.1, -0.05) is 0 Å². The number of esters is 2. The van der Waals surface area contributed by atoms with Gasteiger partial charge in [0.15, 0.2) is 0 Å². The molecule has 0 fully saturated rings. The average molecular weight is 2450 g/mol. The van der Waals surface area contributed by atoms with Gasteiger partial charge in [-0.15, -0.1) is 0 Å². The molecule has 0 aromatic heterocycles. The second-order valence-corrected chi connectivity index (χ2v) is 43.7. The fourth-order valence-corrected chi connectivity index (χ4v) is 13.3. The molecule has 0 radical (unpaired) electrons. The third-order valence-corrected chi connectivity index (χ3v) is 18.8. The molecule has 0 spiro atoms. The summed E-state index contributed by atoms with van der Waals surface area (Å²) in [5.74, 6) is -5.39. The Morgan fingerprint density at radius 2 is 0.484 bits per heavy atom. The standard InChI is InChI=1S/3C16H23N6O2.2C13H20N4O2.5BrH.4ClH.Cu.Fe.Ni.Pd.Ru/c3*1-17-6-9-20(12-17)16(5-4-15(23)24,21-10-7-18(2)13-21)22-11-8-19(3)14-22;2*1-14-4-6-16(10-14)8-12(13(18)19-3)9-17-7-5-15(2)11-17;;;;;;;;;;;;;;/h3*6-14H,4-5H2,1-3H3,(H,23,24);2*4-7,10-12H,8-9H2,1-3H3;9*1H;;;;;/q3*-3;2*-2;;;;;;;;;;+1;+2;+4;2*+2/p-9. The van der Waals surface area contributed by atoms with Crippen molar-refractivity contribution in [2.75, 3.05) is 132 Å². The van der Waals surface area contributed by atoms with Gasteiger partial charge < -0.3 is 152 Å². The minimum absolute atomic E-state index is 0.0473. The second-order valence-electron chi connectivity index (χ2n) is 28.1. The molecular formula is C74H109Br5Cl4CuFeN26NiO10PdRu-11. The Balaban J connectivity index is 0.000000314. The number of ether oxygens (including phenoxy) is 2. The molecule has 50 heteroatoms. The van der Waals surface area contributed by atoms with Crippen molar-refractivity contribution >= 4 is 139 Å². The summed E-state index contributed by atoms with van der Waals surface area (Å²) in [4.78, 5) is 109. The van der Waals surface area contributed by atoms with Crippen LogP contribution in [0.15, 0.2) is 161 Å². The Bertz CT molecular complexity index is 3120. The Hall–Kier alpha value is -4.85. The van der Waals surface area contributed by atoms with E-state index in [1.54, 1.807) is 0 Å². The third-order valence-electron chi connectivity index (χ3n) is 18.8. The summed E-state index contributed by atoms with van der Waals surface area (Å²) in [6.45, 7) is 27.9. The zero-order valence-corrected chi connectivity index (χ0v) is 87.9. The van der Waals surface area contributed by atoms with Crippen molar-refractivity contribution in [1.29, 1.82) is 0 Å². The van der Waals surface area contributed by atoms with E-state index in [0.29, 0.717) is 45.4 Å². The van der Waals surface area contributed by atoms with Crippen LogP contribution in [-0.4, -0.2) is 322 Å². The van der Waals surface area contributed by atoms with Gasteiger partial charge in [0.25, 0.3) is 0 Å². The predicted octanol–water partition coefficient (Wildman–Crippen LogP) is 10.9. The minimum atomic E-state index is -0.816. The molecule has 716 valence electrons. The maximum absolute atomic E-state index is 11.9. The fraction of sp³-hybridized carbons (Fsp3) is 0.405. The molecule has 13 rings (SSSR count). The third kappa shape index (κ3) is 35.1. The quantitative estimate of drug-likeness (QED) is 0.0374. The molecule has 0 aromatic rings. The second kappa shape index (κ2) is 58.0. The van der Waals surface area contributed by atoms with Crippen molar-refractivity contribution < 1.29 is 116 Å². The number of hydrogen-bond acceptors (Lipinski definition) is 33. The summed E-state index contributed by atoms with van der Waals surface area (Å²) in [5.41, 5.74) is 0. The molecule has 36 nitrogen and oxygen atoms in total. The first kappa shape index (κ1) is 111. The molecule has 0 amide bonds. The van der Waals surface area contributed by atoms with Crippen LogP contribution in [0, 0.1) is 98.5 Å². The van der Waals surface area contributed by atoms with E-state index in [0.717, 1.165) is 11.3 Å². The number of hydrogen-bond donors (Lipinski definition) is 3. The number of rotatable bonds is 28. The molecule has 0 unspecified atom stereocenters. The molecule has 0 atom stereocenters. The molecule has 0 bridgehead atoms. The molecule has 0 aromatic carbocycles. The Kier molecular flexibility index (Phi) is 52.2. The SMILES string of the molecule is CN1C=CN(C(CCC(=O)O)(N2C=CN(C)[CH-]2)N2C=CN(C)[CH-]2)[CH-]1.CN1C=CN(C(CCC(=O)O)(N2C=CN(C)[CH-]2)N2C=CN(C)[CH-]2)[CH-]1.CN1C=CN(C(CCC(=O)O)(N2C=CN(C)[CH-]2)N2C=CN(C)[CH-]2)[CH-]1.COC(=O)C(CN1C=CN(C)[CH-]1)CN1C=CN(C)[CH-]1.COC(=O)C(CN1C=CN(C)[CH-]1)CN1C=CN(C)[CH-]1.[Br][Fe][Br].[Br][Ni+2][Br].[Cl][Pd][Cl].[Cl][Ru][Cl].[Cu][Br]. The van der Waals surface area contributed by atoms with Crippen LogP contribution in [0.5, 0.6) is 0 Å². The van der Waals surface area contributed by atoms with Crippen molar-refractivity contribution in [2.45, 2.75) is 55.9 Å². The van der Waals surface area contributed by atoms with Gasteiger partial charge in [0.05, 0.1) is 45.3 Å². The number of aliphatic carboxylic acids is 3. The van der Waals surface area contributed by atoms with E-state index in [9.17, 15) is 39.3 Å². The monoisotopic (exact) mass is 2440 g/mol. The number of carboxylic acid groups (broad SMARTS) is 3. The summed E-state index contributed by atoms with van der Waals surface area (Å²) >= 11 is 19.0. The molecule has 13 aliphatic heterocycles. The van der Waals surface area contributed by atoms with E-state index >= 15 is 0 Å². The summed E-state index contributed by atoms with van der Waals surface area (Å²) in [6, 6.07) is 0. The van der Waals surface area contributed by atoms with E-state index in [4.69, 9.17) is 47.9 Å². The van der Waals surface area contributed by atoms with Gasteiger partial charge in [-0.3, -0.25) is 24.0 Å². The number of carboxylic acids is 3. The van der Waals surface area contributed by atoms with Crippen LogP contribution < -0.4 is 0 Å². The number of carbonyl (C=O) groups excluding carboxylic acids is 2. The van der Waals surface area contributed by atoms with Crippen LogP contribution in [0.4, 0.5) is 0 Å². The van der Waals surface area contributed by atoms with Gasteiger partial charge in [-0.05, 0) is 253 Å². The van der Waals surface area contributed by atoms with E-state index in [2.05, 4.69) is 85.0 Å². The summed E-state index contributed by atoms with van der Waals surface area (Å²) in [7, 11) is 48.8. The van der Waals surface area contributed by atoms with E-state index < -0.39 is 35.3 Å². The first-order valence-electron chi connectivity index (χ1n) is 36.7. The Morgan fingerprint density at radius 3 is 0.581 bits per heavy atom. The van der Waals surface area contributed by atoms with Crippen LogP contribution >= 0.6 is 109 Å². The van der Waals surface area contributed by atoms with Crippen molar-refractivity contribution in [3.63, 3.8) is 0 Å². The normalized spacial score (nSPS) is 18.1. The molecule has 3 N–H and O–H groups in total. The van der Waals surface area contributed by atoms with Crippen molar-refractivity contribution in [3.05, 3.63) is 248 Å². The first-order chi connectivity index (χ1) is 59.1. The summed E-state index contributed by atoms with van der Waals surface area (Å²) in [5, 5.41) is 27.9. The molecule has 124 heavy (non-hydrogen) atoms. The zero-order chi connectivity index (χ0) is 92.4. The van der Waals surface area contributed by atoms with Gasteiger partial charge in [0.1, 0.15) is 17.4 Å². The Morgan fingerprint density at radius 1 is 0.355 bits per heavy atom. The molecule has 13 heterocycles. The molecule has 0 saturated heterocycles. The van der Waals surface area contributed by atoms with Crippen LogP contribution in [-0.2, 0) is 101 Å². The van der Waals surface area contributed by atoms with Crippen LogP contribution in [0.1, 0.15) is 38.5 Å². The van der Waals surface area contributed by atoms with Gasteiger partial charge in [-0.25, -0.2) is 0 Å². The first-order valence-corrected chi connectivity index (χ1v) is 57.9. The number of carbonyl (C=O) groups is 5. The van der Waals surface area contributed by atoms with Gasteiger partial charge in [0, 0.05) is 45.4 Å². The van der Waals surface area contributed by atoms with Crippen LogP contribution in [0.25, 0.3) is 0 Å². The van der Waals surface area contributed by atoms with Crippen molar-refractivity contribution in [3.8, 4) is 0 Å². The van der Waals surface area contributed by atoms with Crippen LogP contribution in [0.3, 0.4) is 0 Å². The topological polar surface area (TPSA) is 249 Å². The van der Waals surface area contributed by atoms with Gasteiger partial charge in [-0.2, -0.15) is 86.7 Å². The van der Waals surface area contributed by atoms with Gasteiger partial charge >= 0.3 is 207 Å². The van der Waals surface area contributed by atoms with E-state index in [1.165, 1.54) is 25.1 Å². The fourth-order valence-electron chi connectivity index (χ4n) is 13.3. The van der Waals surface area contributed by atoms with Crippen molar-refractivity contribution in [2.24, 2.45) is 11.8 Å².